The van der Waals surface area contributed by atoms with Gasteiger partial charge in [-0.3, -0.25) is 4.98 Å². The molecule has 0 amide bonds. The highest BCUT2D eigenvalue weighted by molar-refractivity contribution is 5.26. The average molecular weight is 220 g/mol. The van der Waals surface area contributed by atoms with Crippen LogP contribution in [0.1, 0.15) is 43.5 Å². The Bertz CT molecular complexity index is 319. The van der Waals surface area contributed by atoms with Crippen LogP contribution in [0.5, 0.6) is 0 Å². The molecule has 0 N–H and O–H groups in total. The molecule has 0 saturated carbocycles. The molecule has 0 atom stereocenters. The van der Waals surface area contributed by atoms with Gasteiger partial charge in [0, 0.05) is 19.3 Å². The molecular weight excluding hydrogens is 196 g/mol. The fourth-order valence-corrected chi connectivity index (χ4v) is 1.66. The number of aryl methyl sites for hydroxylation is 1. The lowest BCUT2D eigenvalue weighted by molar-refractivity contribution is 0.307. The van der Waals surface area contributed by atoms with Gasteiger partial charge in [-0.2, -0.15) is 0 Å². The van der Waals surface area contributed by atoms with E-state index in [0.717, 1.165) is 19.5 Å². The Balaban J connectivity index is 0.000000280. The molecule has 2 heterocycles. The minimum atomic E-state index is 1.01. The summed E-state index contributed by atoms with van der Waals surface area (Å²) in [6.07, 6.45) is 5.75. The SMILES string of the molecule is CCCC.Cc1cnc2c(c1)CCN(C)C2. The van der Waals surface area contributed by atoms with E-state index in [2.05, 4.69) is 43.8 Å². The van der Waals surface area contributed by atoms with Gasteiger partial charge >= 0.3 is 0 Å². The van der Waals surface area contributed by atoms with Crippen molar-refractivity contribution in [3.8, 4) is 0 Å². The second-order valence-electron chi connectivity index (χ2n) is 4.61. The summed E-state index contributed by atoms with van der Waals surface area (Å²) >= 11 is 0. The molecule has 0 aliphatic carbocycles. The summed E-state index contributed by atoms with van der Waals surface area (Å²) in [6.45, 7) is 8.64. The molecule has 0 spiro atoms. The number of aromatic nitrogens is 1. The highest BCUT2D eigenvalue weighted by atomic mass is 15.1. The number of pyridine rings is 1. The minimum absolute atomic E-state index is 1.01. The van der Waals surface area contributed by atoms with Crippen molar-refractivity contribution in [3.05, 3.63) is 29.1 Å². The highest BCUT2D eigenvalue weighted by Gasteiger charge is 2.13. The molecular formula is C14H24N2. The molecule has 0 radical (unpaired) electrons. The maximum absolute atomic E-state index is 4.43. The fraction of sp³-hybridized carbons (Fsp3) is 0.643. The number of hydrogen-bond acceptors (Lipinski definition) is 2. The van der Waals surface area contributed by atoms with Crippen LogP contribution in [0.4, 0.5) is 0 Å². The van der Waals surface area contributed by atoms with Gasteiger partial charge in [-0.1, -0.05) is 32.8 Å². The van der Waals surface area contributed by atoms with E-state index in [1.807, 2.05) is 6.20 Å². The summed E-state index contributed by atoms with van der Waals surface area (Å²) in [4.78, 5) is 6.74. The zero-order valence-corrected chi connectivity index (χ0v) is 11.1. The molecule has 1 aliphatic heterocycles. The maximum atomic E-state index is 4.43. The average Bonchev–Trinajstić information content (AvgIpc) is 2.30. The van der Waals surface area contributed by atoms with Crippen molar-refractivity contribution in [2.24, 2.45) is 0 Å². The lowest BCUT2D eigenvalue weighted by atomic mass is 10.0. The number of likely N-dealkylation sites (N-methyl/N-ethyl adjacent to an activating group) is 1. The summed E-state index contributed by atoms with van der Waals surface area (Å²) in [7, 11) is 2.14. The van der Waals surface area contributed by atoms with Crippen molar-refractivity contribution in [1.82, 2.24) is 9.88 Å². The van der Waals surface area contributed by atoms with E-state index in [9.17, 15) is 0 Å². The Morgan fingerprint density at radius 2 is 2.00 bits per heavy atom. The molecule has 0 saturated heterocycles. The second kappa shape index (κ2) is 6.64. The maximum Gasteiger partial charge on any atom is 0.0576 e. The van der Waals surface area contributed by atoms with Crippen molar-refractivity contribution >= 4 is 0 Å². The molecule has 1 aromatic rings. The van der Waals surface area contributed by atoms with Crippen LogP contribution < -0.4 is 0 Å². The first-order chi connectivity index (χ1) is 7.67. The molecule has 2 nitrogen and oxygen atoms in total. The Morgan fingerprint density at radius 1 is 1.31 bits per heavy atom. The molecule has 0 fully saturated rings. The third kappa shape index (κ3) is 3.93. The van der Waals surface area contributed by atoms with E-state index in [-0.39, 0.29) is 0 Å². The third-order valence-electron chi connectivity index (χ3n) is 2.88. The third-order valence-corrected chi connectivity index (χ3v) is 2.88. The monoisotopic (exact) mass is 220 g/mol. The Morgan fingerprint density at radius 3 is 2.62 bits per heavy atom. The zero-order valence-electron chi connectivity index (χ0n) is 11.1. The van der Waals surface area contributed by atoms with Crippen LogP contribution in [0.15, 0.2) is 12.3 Å². The quantitative estimate of drug-likeness (QED) is 0.722. The second-order valence-corrected chi connectivity index (χ2v) is 4.61. The zero-order chi connectivity index (χ0) is 12.0. The summed E-state index contributed by atoms with van der Waals surface area (Å²) < 4.78 is 0. The van der Waals surface area contributed by atoms with Gasteiger partial charge in [0.1, 0.15) is 0 Å². The van der Waals surface area contributed by atoms with Gasteiger partial charge in [-0.25, -0.2) is 0 Å². The van der Waals surface area contributed by atoms with Crippen LogP contribution in [0.25, 0.3) is 0 Å². The van der Waals surface area contributed by atoms with Crippen LogP contribution in [0.2, 0.25) is 0 Å². The Labute approximate surface area is 99.7 Å². The minimum Gasteiger partial charge on any atom is -0.300 e. The van der Waals surface area contributed by atoms with E-state index >= 15 is 0 Å². The summed E-state index contributed by atoms with van der Waals surface area (Å²) in [5.74, 6) is 0. The van der Waals surface area contributed by atoms with Crippen LogP contribution in [-0.2, 0) is 13.0 Å². The molecule has 0 aromatic carbocycles. The van der Waals surface area contributed by atoms with Gasteiger partial charge in [0.15, 0.2) is 0 Å². The number of hydrogen-bond donors (Lipinski definition) is 0. The van der Waals surface area contributed by atoms with Crippen molar-refractivity contribution in [3.63, 3.8) is 0 Å². The molecule has 2 heteroatoms. The predicted octanol–water partition coefficient (Wildman–Crippen LogP) is 3.18. The molecule has 0 bridgehead atoms. The first-order valence-corrected chi connectivity index (χ1v) is 6.30. The van der Waals surface area contributed by atoms with Crippen molar-refractivity contribution in [2.45, 2.75) is 46.6 Å². The highest BCUT2D eigenvalue weighted by Crippen LogP contribution is 2.16. The van der Waals surface area contributed by atoms with Crippen molar-refractivity contribution in [1.29, 1.82) is 0 Å². The smallest absolute Gasteiger partial charge is 0.0576 e. The van der Waals surface area contributed by atoms with E-state index in [4.69, 9.17) is 0 Å². The largest absolute Gasteiger partial charge is 0.300 e. The fourth-order valence-electron chi connectivity index (χ4n) is 1.66. The molecule has 2 rings (SSSR count). The first-order valence-electron chi connectivity index (χ1n) is 6.30. The first kappa shape index (κ1) is 13.2. The van der Waals surface area contributed by atoms with Gasteiger partial charge in [-0.15, -0.1) is 0 Å². The van der Waals surface area contributed by atoms with Crippen molar-refractivity contribution < 1.29 is 0 Å². The van der Waals surface area contributed by atoms with E-state index in [1.54, 1.807) is 0 Å². The van der Waals surface area contributed by atoms with Crippen LogP contribution in [0.3, 0.4) is 0 Å². The lowest BCUT2D eigenvalue weighted by Crippen LogP contribution is -2.27. The van der Waals surface area contributed by atoms with Gasteiger partial charge in [0.2, 0.25) is 0 Å². The number of unbranched alkanes of at least 4 members (excludes halogenated alkanes) is 1. The molecule has 0 unspecified atom stereocenters. The standard InChI is InChI=1S/C10H14N2.C4H10/c1-8-5-9-3-4-12(2)7-10(9)11-6-8;1-3-4-2/h5-6H,3-4,7H2,1-2H3;3-4H2,1-2H3. The van der Waals surface area contributed by atoms with E-state index < -0.39 is 0 Å². The van der Waals surface area contributed by atoms with Gasteiger partial charge < -0.3 is 4.90 Å². The van der Waals surface area contributed by atoms with E-state index in [1.165, 1.54) is 29.7 Å². The number of fused-ring (bicyclic) bond motifs is 1. The molecule has 1 aromatic heterocycles. The lowest BCUT2D eigenvalue weighted by Gasteiger charge is -2.23. The van der Waals surface area contributed by atoms with Crippen LogP contribution in [0, 0.1) is 6.92 Å². The van der Waals surface area contributed by atoms with Crippen molar-refractivity contribution in [2.75, 3.05) is 13.6 Å². The van der Waals surface area contributed by atoms with E-state index in [0.29, 0.717) is 0 Å². The van der Waals surface area contributed by atoms with Gasteiger partial charge in [0.25, 0.3) is 0 Å². The molecule has 16 heavy (non-hydrogen) atoms. The number of rotatable bonds is 1. The molecule has 1 aliphatic rings. The Kier molecular flexibility index (Phi) is 5.47. The Hall–Kier alpha value is -0.890. The predicted molar refractivity (Wildman–Crippen MR) is 69.6 cm³/mol. The summed E-state index contributed by atoms with van der Waals surface area (Å²) in [5, 5.41) is 0. The summed E-state index contributed by atoms with van der Waals surface area (Å²) in [5.41, 5.74) is 3.97. The number of nitrogens with zero attached hydrogens (tertiary/aromatic N) is 2. The van der Waals surface area contributed by atoms with Gasteiger partial charge in [0.05, 0.1) is 5.69 Å². The normalized spacial score (nSPS) is 15.0. The summed E-state index contributed by atoms with van der Waals surface area (Å²) in [6, 6.07) is 2.26. The van der Waals surface area contributed by atoms with Crippen LogP contribution in [-0.4, -0.2) is 23.5 Å². The topological polar surface area (TPSA) is 16.1 Å². The molecule has 90 valence electrons. The van der Waals surface area contributed by atoms with Crippen LogP contribution >= 0.6 is 0 Å². The van der Waals surface area contributed by atoms with Gasteiger partial charge in [-0.05, 0) is 31.5 Å².